The molecular weight excluding hydrogens is 236 g/mol. The number of nitrogens with two attached hydrogens (primary N) is 1. The molecular formula is C8H9BrN2O2. The maximum absolute atomic E-state index is 11.1. The lowest BCUT2D eigenvalue weighted by atomic mass is 10.2. The third kappa shape index (κ3) is 2.50. The first-order valence-corrected chi connectivity index (χ1v) is 4.41. The zero-order valence-electron chi connectivity index (χ0n) is 7.08. The van der Waals surface area contributed by atoms with E-state index < -0.39 is 5.97 Å². The van der Waals surface area contributed by atoms with Gasteiger partial charge < -0.3 is 10.5 Å². The number of aromatic nitrogens is 1. The van der Waals surface area contributed by atoms with Gasteiger partial charge in [0.2, 0.25) is 0 Å². The second kappa shape index (κ2) is 4.34. The van der Waals surface area contributed by atoms with Crippen LogP contribution in [0.3, 0.4) is 0 Å². The molecule has 0 spiro atoms. The molecule has 70 valence electrons. The minimum atomic E-state index is -0.391. The fourth-order valence-corrected chi connectivity index (χ4v) is 1.37. The number of esters is 1. The third-order valence-corrected chi connectivity index (χ3v) is 1.88. The zero-order chi connectivity index (χ0) is 9.84. The van der Waals surface area contributed by atoms with E-state index in [1.165, 1.54) is 7.11 Å². The molecule has 2 N–H and O–H groups in total. The average Bonchev–Trinajstić information content (AvgIpc) is 2.15. The predicted molar refractivity (Wildman–Crippen MR) is 51.2 cm³/mol. The Bertz CT molecular complexity index is 328. The van der Waals surface area contributed by atoms with Crippen molar-refractivity contribution in [2.75, 3.05) is 7.11 Å². The van der Waals surface area contributed by atoms with Gasteiger partial charge in [0.1, 0.15) is 4.60 Å². The van der Waals surface area contributed by atoms with Gasteiger partial charge >= 0.3 is 5.97 Å². The molecule has 4 nitrogen and oxygen atoms in total. The van der Waals surface area contributed by atoms with Gasteiger partial charge in [-0.05, 0) is 28.1 Å². The second-order valence-electron chi connectivity index (χ2n) is 2.37. The molecule has 1 aromatic rings. The molecule has 0 fully saturated rings. The topological polar surface area (TPSA) is 65.2 Å². The number of hydrogen-bond donors (Lipinski definition) is 1. The summed E-state index contributed by atoms with van der Waals surface area (Å²) in [4.78, 5) is 15.2. The summed E-state index contributed by atoms with van der Waals surface area (Å²) in [6.45, 7) is 0.295. The van der Waals surface area contributed by atoms with Crippen LogP contribution in [0.25, 0.3) is 0 Å². The van der Waals surface area contributed by atoms with Crippen molar-refractivity contribution in [2.45, 2.75) is 6.54 Å². The van der Waals surface area contributed by atoms with Crippen molar-refractivity contribution in [3.05, 3.63) is 28.0 Å². The lowest BCUT2D eigenvalue weighted by molar-refractivity contribution is 0.0600. The molecule has 0 aliphatic rings. The summed E-state index contributed by atoms with van der Waals surface area (Å²) >= 11 is 3.18. The number of rotatable bonds is 2. The number of pyridine rings is 1. The summed E-state index contributed by atoms with van der Waals surface area (Å²) in [5.41, 5.74) is 6.49. The highest BCUT2D eigenvalue weighted by Gasteiger charge is 2.07. The molecule has 0 radical (unpaired) electrons. The van der Waals surface area contributed by atoms with Crippen LogP contribution in [0.1, 0.15) is 16.1 Å². The van der Waals surface area contributed by atoms with E-state index in [4.69, 9.17) is 5.73 Å². The van der Waals surface area contributed by atoms with Crippen molar-refractivity contribution in [1.82, 2.24) is 4.98 Å². The largest absolute Gasteiger partial charge is 0.465 e. The normalized spacial score (nSPS) is 9.77. The molecule has 0 aromatic carbocycles. The summed E-state index contributed by atoms with van der Waals surface area (Å²) < 4.78 is 5.14. The van der Waals surface area contributed by atoms with Crippen molar-refractivity contribution >= 4 is 21.9 Å². The first-order chi connectivity index (χ1) is 6.17. The van der Waals surface area contributed by atoms with Crippen LogP contribution in [0, 0.1) is 0 Å². The van der Waals surface area contributed by atoms with Crippen molar-refractivity contribution in [3.63, 3.8) is 0 Å². The van der Waals surface area contributed by atoms with Crippen molar-refractivity contribution in [1.29, 1.82) is 0 Å². The van der Waals surface area contributed by atoms with Crippen LogP contribution in [0.15, 0.2) is 16.7 Å². The van der Waals surface area contributed by atoms with Crippen molar-refractivity contribution in [3.8, 4) is 0 Å². The van der Waals surface area contributed by atoms with E-state index in [9.17, 15) is 4.79 Å². The van der Waals surface area contributed by atoms with Crippen molar-refractivity contribution in [2.24, 2.45) is 5.73 Å². The molecule has 5 heteroatoms. The molecule has 1 aromatic heterocycles. The van der Waals surface area contributed by atoms with E-state index in [2.05, 4.69) is 25.7 Å². The molecule has 1 rings (SSSR count). The monoisotopic (exact) mass is 244 g/mol. The van der Waals surface area contributed by atoms with Gasteiger partial charge in [0.05, 0.1) is 18.4 Å². The quantitative estimate of drug-likeness (QED) is 0.625. The Morgan fingerprint density at radius 2 is 2.38 bits per heavy atom. The number of nitrogens with zero attached hydrogens (tertiary/aromatic N) is 1. The van der Waals surface area contributed by atoms with Crippen molar-refractivity contribution < 1.29 is 9.53 Å². The van der Waals surface area contributed by atoms with Gasteiger partial charge in [-0.3, -0.25) is 0 Å². The predicted octanol–water partition coefficient (Wildman–Crippen LogP) is 1.09. The lowest BCUT2D eigenvalue weighted by Gasteiger charge is -2.02. The standard InChI is InChI=1S/C8H9BrN2O2/c1-13-8(12)5-2-6(4-10)11-7(9)3-5/h2-3H,4,10H2,1H3. The SMILES string of the molecule is COC(=O)c1cc(Br)nc(CN)c1. The van der Waals surface area contributed by atoms with Crippen LogP contribution in [0.5, 0.6) is 0 Å². The maximum atomic E-state index is 11.1. The summed E-state index contributed by atoms with van der Waals surface area (Å²) in [7, 11) is 1.33. The van der Waals surface area contributed by atoms with Gasteiger partial charge in [0.25, 0.3) is 0 Å². The van der Waals surface area contributed by atoms with Crippen LogP contribution < -0.4 is 5.73 Å². The van der Waals surface area contributed by atoms with Crippen LogP contribution in [-0.2, 0) is 11.3 Å². The second-order valence-corrected chi connectivity index (χ2v) is 3.18. The first kappa shape index (κ1) is 10.1. The Morgan fingerprint density at radius 1 is 1.69 bits per heavy atom. The fourth-order valence-electron chi connectivity index (χ4n) is 0.891. The Labute approximate surface area is 84.2 Å². The van der Waals surface area contributed by atoms with Gasteiger partial charge in [0.15, 0.2) is 0 Å². The molecule has 0 atom stereocenters. The summed E-state index contributed by atoms with van der Waals surface area (Å²) in [5.74, 6) is -0.391. The smallest absolute Gasteiger partial charge is 0.338 e. The highest BCUT2D eigenvalue weighted by Crippen LogP contribution is 2.12. The minimum Gasteiger partial charge on any atom is -0.465 e. The van der Waals surface area contributed by atoms with Gasteiger partial charge in [-0.15, -0.1) is 0 Å². The lowest BCUT2D eigenvalue weighted by Crippen LogP contribution is -2.06. The van der Waals surface area contributed by atoms with Crippen LogP contribution >= 0.6 is 15.9 Å². The molecule has 0 bridgehead atoms. The highest BCUT2D eigenvalue weighted by atomic mass is 79.9. The number of halogens is 1. The fraction of sp³-hybridized carbons (Fsp3) is 0.250. The van der Waals surface area contributed by atoms with E-state index in [0.29, 0.717) is 22.4 Å². The van der Waals surface area contributed by atoms with Crippen LogP contribution in [0.4, 0.5) is 0 Å². The molecule has 0 saturated carbocycles. The van der Waals surface area contributed by atoms with Gasteiger partial charge in [-0.25, -0.2) is 9.78 Å². The molecule has 0 amide bonds. The van der Waals surface area contributed by atoms with Gasteiger partial charge in [-0.2, -0.15) is 0 Å². The molecule has 13 heavy (non-hydrogen) atoms. The number of carbonyl (C=O) groups excluding carboxylic acids is 1. The number of ether oxygens (including phenoxy) is 1. The number of carbonyl (C=O) groups is 1. The number of hydrogen-bond acceptors (Lipinski definition) is 4. The number of methoxy groups -OCH3 is 1. The highest BCUT2D eigenvalue weighted by molar-refractivity contribution is 9.10. The van der Waals surface area contributed by atoms with Crippen LogP contribution in [0.2, 0.25) is 0 Å². The molecule has 0 aliphatic carbocycles. The Balaban J connectivity index is 3.08. The molecule has 0 aliphatic heterocycles. The summed E-state index contributed by atoms with van der Waals surface area (Å²) in [6, 6.07) is 3.20. The van der Waals surface area contributed by atoms with Crippen LogP contribution in [-0.4, -0.2) is 18.1 Å². The summed E-state index contributed by atoms with van der Waals surface area (Å²) in [5, 5.41) is 0. The Kier molecular flexibility index (Phi) is 3.39. The van der Waals surface area contributed by atoms with Gasteiger partial charge in [0, 0.05) is 6.54 Å². The van der Waals surface area contributed by atoms with E-state index in [-0.39, 0.29) is 0 Å². The Morgan fingerprint density at radius 3 is 2.92 bits per heavy atom. The van der Waals surface area contributed by atoms with Gasteiger partial charge in [-0.1, -0.05) is 0 Å². The maximum Gasteiger partial charge on any atom is 0.338 e. The van der Waals surface area contributed by atoms with E-state index in [1.54, 1.807) is 12.1 Å². The average molecular weight is 245 g/mol. The molecule has 1 heterocycles. The third-order valence-electron chi connectivity index (χ3n) is 1.48. The van der Waals surface area contributed by atoms with E-state index >= 15 is 0 Å². The molecule has 0 unspecified atom stereocenters. The van der Waals surface area contributed by atoms with E-state index in [1.807, 2.05) is 0 Å². The Hall–Kier alpha value is -0.940. The minimum absolute atomic E-state index is 0.295. The molecule has 0 saturated heterocycles. The summed E-state index contributed by atoms with van der Waals surface area (Å²) in [6.07, 6.45) is 0. The van der Waals surface area contributed by atoms with E-state index in [0.717, 1.165) is 0 Å². The first-order valence-electron chi connectivity index (χ1n) is 3.62. The zero-order valence-corrected chi connectivity index (χ0v) is 8.67.